The summed E-state index contributed by atoms with van der Waals surface area (Å²) in [4.78, 5) is 2.10. The fraction of sp³-hybridized carbons (Fsp3) is 0.462. The molecule has 3 N–H and O–H groups in total. The van der Waals surface area contributed by atoms with Crippen molar-refractivity contribution < 1.29 is 9.60 Å². The van der Waals surface area contributed by atoms with E-state index in [0.717, 1.165) is 19.4 Å². The van der Waals surface area contributed by atoms with Crippen molar-refractivity contribution in [3.63, 3.8) is 0 Å². The minimum absolute atomic E-state index is 0.0287. The number of piperidine rings is 1. The number of benzene rings is 1. The summed E-state index contributed by atoms with van der Waals surface area (Å²) in [6, 6.07) is 5.01. The number of hydrogen-bond donors (Lipinski definition) is 2. The van der Waals surface area contributed by atoms with Crippen LogP contribution in [0.3, 0.4) is 0 Å². The normalized spacial score (nSPS) is 21.6. The van der Waals surface area contributed by atoms with Crippen LogP contribution in [-0.2, 0) is 6.54 Å². The van der Waals surface area contributed by atoms with Crippen LogP contribution < -0.4 is 5.73 Å². The Hall–Kier alpha value is -1.33. The number of nitrogens with two attached hydrogens (primary N) is 1. The Morgan fingerprint density at radius 3 is 3.11 bits per heavy atom. The molecule has 4 nitrogen and oxygen atoms in total. The van der Waals surface area contributed by atoms with E-state index in [1.807, 2.05) is 0 Å². The molecule has 0 aromatic heterocycles. The fourth-order valence-corrected chi connectivity index (χ4v) is 2.63. The molecule has 19 heavy (non-hydrogen) atoms. The van der Waals surface area contributed by atoms with Gasteiger partial charge in [0.1, 0.15) is 11.7 Å². The van der Waals surface area contributed by atoms with E-state index in [0.29, 0.717) is 18.7 Å². The first-order chi connectivity index (χ1) is 9.11. The van der Waals surface area contributed by atoms with E-state index in [1.54, 1.807) is 12.1 Å². The summed E-state index contributed by atoms with van der Waals surface area (Å²) in [7, 11) is 0. The van der Waals surface area contributed by atoms with Crippen molar-refractivity contribution in [2.45, 2.75) is 19.4 Å². The maximum atomic E-state index is 13.8. The van der Waals surface area contributed by atoms with E-state index >= 15 is 0 Å². The largest absolute Gasteiger partial charge is 0.409 e. The van der Waals surface area contributed by atoms with Gasteiger partial charge in [0.15, 0.2) is 0 Å². The number of hydrogen-bond acceptors (Lipinski definition) is 3. The van der Waals surface area contributed by atoms with Crippen molar-refractivity contribution in [3.05, 3.63) is 34.6 Å². The predicted molar refractivity (Wildman–Crippen MR) is 72.8 cm³/mol. The smallest absolute Gasteiger partial charge is 0.146 e. The second kappa shape index (κ2) is 6.21. The quantitative estimate of drug-likeness (QED) is 0.388. The van der Waals surface area contributed by atoms with Crippen LogP contribution >= 0.6 is 11.6 Å². The van der Waals surface area contributed by atoms with Crippen LogP contribution in [0.4, 0.5) is 4.39 Å². The van der Waals surface area contributed by atoms with E-state index < -0.39 is 0 Å². The second-order valence-electron chi connectivity index (χ2n) is 4.81. The fourth-order valence-electron chi connectivity index (χ4n) is 2.43. The van der Waals surface area contributed by atoms with Crippen LogP contribution in [0.15, 0.2) is 23.4 Å². The van der Waals surface area contributed by atoms with Crippen LogP contribution in [0.25, 0.3) is 0 Å². The molecule has 104 valence electrons. The van der Waals surface area contributed by atoms with Gasteiger partial charge in [-0.05, 0) is 25.5 Å². The Morgan fingerprint density at radius 1 is 1.58 bits per heavy atom. The van der Waals surface area contributed by atoms with Gasteiger partial charge < -0.3 is 10.9 Å². The highest BCUT2D eigenvalue weighted by atomic mass is 35.5. The van der Waals surface area contributed by atoms with Gasteiger partial charge in [0.05, 0.1) is 5.02 Å². The lowest BCUT2D eigenvalue weighted by Crippen LogP contribution is -2.40. The summed E-state index contributed by atoms with van der Waals surface area (Å²) in [6.07, 6.45) is 1.84. The van der Waals surface area contributed by atoms with Crippen LogP contribution in [0.5, 0.6) is 0 Å². The molecule has 1 aliphatic heterocycles. The summed E-state index contributed by atoms with van der Waals surface area (Å²) in [6.45, 7) is 2.03. The molecule has 0 saturated carbocycles. The van der Waals surface area contributed by atoms with Crippen LogP contribution in [0.2, 0.25) is 5.02 Å². The first kappa shape index (κ1) is 14.1. The average molecular weight is 286 g/mol. The number of rotatable bonds is 3. The standard InChI is InChI=1S/C13H17ClFN3O/c14-11-5-1-3-9(12(11)15)7-18-6-2-4-10(8-18)13(16)17-19/h1,3,5,10,19H,2,4,6-8H2,(H2,16,17). The lowest BCUT2D eigenvalue weighted by Gasteiger charge is -2.32. The molecule has 1 fully saturated rings. The number of amidine groups is 1. The molecule has 1 aliphatic rings. The minimum atomic E-state index is -0.366. The summed E-state index contributed by atoms with van der Waals surface area (Å²) in [5.41, 5.74) is 6.21. The molecular formula is C13H17ClFN3O. The Bertz CT molecular complexity index is 481. The zero-order chi connectivity index (χ0) is 13.8. The first-order valence-corrected chi connectivity index (χ1v) is 6.62. The van der Waals surface area contributed by atoms with Gasteiger partial charge in [-0.25, -0.2) is 4.39 Å². The lowest BCUT2D eigenvalue weighted by atomic mass is 9.96. The van der Waals surface area contributed by atoms with Gasteiger partial charge in [-0.3, -0.25) is 4.90 Å². The Kier molecular flexibility index (Phi) is 4.61. The van der Waals surface area contributed by atoms with Crippen molar-refractivity contribution in [1.29, 1.82) is 0 Å². The molecule has 1 saturated heterocycles. The van der Waals surface area contributed by atoms with E-state index in [2.05, 4.69) is 10.1 Å². The number of likely N-dealkylation sites (tertiary alicyclic amines) is 1. The van der Waals surface area contributed by atoms with Gasteiger partial charge in [-0.15, -0.1) is 0 Å². The SMILES string of the molecule is N/C(=N/O)C1CCCN(Cc2cccc(Cl)c2F)C1. The maximum Gasteiger partial charge on any atom is 0.146 e. The van der Waals surface area contributed by atoms with Gasteiger partial charge in [-0.1, -0.05) is 28.9 Å². The van der Waals surface area contributed by atoms with E-state index in [4.69, 9.17) is 22.5 Å². The van der Waals surface area contributed by atoms with E-state index in [-0.39, 0.29) is 22.6 Å². The molecule has 1 heterocycles. The number of halogens is 2. The third-order valence-corrected chi connectivity index (χ3v) is 3.76. The van der Waals surface area contributed by atoms with Gasteiger partial charge in [-0.2, -0.15) is 0 Å². The lowest BCUT2D eigenvalue weighted by molar-refractivity contribution is 0.191. The third-order valence-electron chi connectivity index (χ3n) is 3.46. The van der Waals surface area contributed by atoms with E-state index in [9.17, 15) is 4.39 Å². The molecule has 1 unspecified atom stereocenters. The van der Waals surface area contributed by atoms with Gasteiger partial charge >= 0.3 is 0 Å². The molecule has 1 atom stereocenters. The number of oxime groups is 1. The highest BCUT2D eigenvalue weighted by molar-refractivity contribution is 6.30. The summed E-state index contributed by atoms with van der Waals surface area (Å²) < 4.78 is 13.8. The third kappa shape index (κ3) is 3.36. The van der Waals surface area contributed by atoms with Crippen LogP contribution in [0, 0.1) is 11.7 Å². The first-order valence-electron chi connectivity index (χ1n) is 6.24. The number of nitrogens with zero attached hydrogens (tertiary/aromatic N) is 2. The highest BCUT2D eigenvalue weighted by Crippen LogP contribution is 2.22. The molecule has 0 bridgehead atoms. The van der Waals surface area contributed by atoms with Gasteiger partial charge in [0, 0.05) is 24.6 Å². The van der Waals surface area contributed by atoms with Gasteiger partial charge in [0.25, 0.3) is 0 Å². The van der Waals surface area contributed by atoms with Gasteiger partial charge in [0.2, 0.25) is 0 Å². The minimum Gasteiger partial charge on any atom is -0.409 e. The van der Waals surface area contributed by atoms with Crippen LogP contribution in [0.1, 0.15) is 18.4 Å². The predicted octanol–water partition coefficient (Wildman–Crippen LogP) is 2.44. The van der Waals surface area contributed by atoms with Crippen LogP contribution in [-0.4, -0.2) is 29.0 Å². The Balaban J connectivity index is 2.05. The topological polar surface area (TPSA) is 61.9 Å². The Labute approximate surface area is 116 Å². The maximum absolute atomic E-state index is 13.8. The van der Waals surface area contributed by atoms with E-state index in [1.165, 1.54) is 6.07 Å². The summed E-state index contributed by atoms with van der Waals surface area (Å²) in [5, 5.41) is 11.9. The zero-order valence-corrected chi connectivity index (χ0v) is 11.3. The summed E-state index contributed by atoms with van der Waals surface area (Å²) in [5.74, 6) is -0.0904. The highest BCUT2D eigenvalue weighted by Gasteiger charge is 2.23. The Morgan fingerprint density at radius 2 is 2.37 bits per heavy atom. The molecular weight excluding hydrogens is 269 g/mol. The van der Waals surface area contributed by atoms with Crippen molar-refractivity contribution in [1.82, 2.24) is 4.90 Å². The second-order valence-corrected chi connectivity index (χ2v) is 5.22. The molecule has 0 spiro atoms. The van der Waals surface area contributed by atoms with Crippen molar-refractivity contribution in [3.8, 4) is 0 Å². The van der Waals surface area contributed by atoms with Crippen molar-refractivity contribution in [2.75, 3.05) is 13.1 Å². The molecule has 0 radical (unpaired) electrons. The monoisotopic (exact) mass is 285 g/mol. The van der Waals surface area contributed by atoms with Crippen molar-refractivity contribution in [2.24, 2.45) is 16.8 Å². The zero-order valence-electron chi connectivity index (χ0n) is 10.5. The van der Waals surface area contributed by atoms with Crippen molar-refractivity contribution >= 4 is 17.4 Å². The average Bonchev–Trinajstić information content (AvgIpc) is 2.43. The molecule has 1 aromatic carbocycles. The summed E-state index contributed by atoms with van der Waals surface area (Å²) >= 11 is 5.77. The molecule has 1 aromatic rings. The molecule has 0 aliphatic carbocycles. The molecule has 6 heteroatoms. The molecule has 2 rings (SSSR count). The molecule has 0 amide bonds.